The Balaban J connectivity index is 4.81. The molecule has 0 saturated carbocycles. The van der Waals surface area contributed by atoms with E-state index in [0.717, 1.165) is 12.8 Å². The quantitative estimate of drug-likeness (QED) is 0.532. The average molecular weight is 225 g/mol. The van der Waals surface area contributed by atoms with Crippen molar-refractivity contribution in [3.8, 4) is 12.3 Å². The van der Waals surface area contributed by atoms with E-state index >= 15 is 0 Å². The first-order valence-electron chi connectivity index (χ1n) is 5.83. The molecule has 0 bridgehead atoms. The SMILES string of the molecule is C#CCNC(CC)(CC(C)CC)C(=O)OC. The van der Waals surface area contributed by atoms with Crippen LogP contribution >= 0.6 is 0 Å². The lowest BCUT2D eigenvalue weighted by atomic mass is 9.84. The normalized spacial score (nSPS) is 15.9. The van der Waals surface area contributed by atoms with E-state index in [-0.39, 0.29) is 5.97 Å². The fraction of sp³-hybridized carbons (Fsp3) is 0.769. The first-order valence-corrected chi connectivity index (χ1v) is 5.83. The molecule has 0 aliphatic heterocycles. The van der Waals surface area contributed by atoms with Gasteiger partial charge < -0.3 is 4.74 Å². The lowest BCUT2D eigenvalue weighted by Crippen LogP contribution is -2.53. The molecular formula is C13H23NO2. The summed E-state index contributed by atoms with van der Waals surface area (Å²) < 4.78 is 4.88. The highest BCUT2D eigenvalue weighted by Gasteiger charge is 2.38. The molecule has 0 spiro atoms. The minimum Gasteiger partial charge on any atom is -0.468 e. The molecule has 0 saturated heterocycles. The second-order valence-corrected chi connectivity index (χ2v) is 4.20. The van der Waals surface area contributed by atoms with Crippen LogP contribution in [0.25, 0.3) is 0 Å². The highest BCUT2D eigenvalue weighted by atomic mass is 16.5. The molecule has 0 rings (SSSR count). The van der Waals surface area contributed by atoms with Crippen LogP contribution in [0.3, 0.4) is 0 Å². The van der Waals surface area contributed by atoms with Crippen molar-refractivity contribution in [1.29, 1.82) is 0 Å². The van der Waals surface area contributed by atoms with E-state index < -0.39 is 5.54 Å². The molecule has 16 heavy (non-hydrogen) atoms. The van der Waals surface area contributed by atoms with Crippen LogP contribution in [0.4, 0.5) is 0 Å². The summed E-state index contributed by atoms with van der Waals surface area (Å²) in [7, 11) is 1.42. The number of terminal acetylenes is 1. The fourth-order valence-corrected chi connectivity index (χ4v) is 1.80. The highest BCUT2D eigenvalue weighted by molar-refractivity contribution is 5.80. The van der Waals surface area contributed by atoms with Crippen LogP contribution in [0.15, 0.2) is 0 Å². The van der Waals surface area contributed by atoms with Crippen LogP contribution in [-0.4, -0.2) is 25.2 Å². The molecule has 0 aliphatic carbocycles. The van der Waals surface area contributed by atoms with E-state index in [1.807, 2.05) is 6.92 Å². The lowest BCUT2D eigenvalue weighted by Gasteiger charge is -2.32. The summed E-state index contributed by atoms with van der Waals surface area (Å²) in [5.74, 6) is 2.75. The van der Waals surface area contributed by atoms with Crippen LogP contribution in [0.1, 0.15) is 40.0 Å². The van der Waals surface area contributed by atoms with Crippen LogP contribution in [0.5, 0.6) is 0 Å². The van der Waals surface area contributed by atoms with Gasteiger partial charge in [0.05, 0.1) is 13.7 Å². The van der Waals surface area contributed by atoms with Crippen molar-refractivity contribution >= 4 is 5.97 Å². The largest absolute Gasteiger partial charge is 0.468 e. The number of carbonyl (C=O) groups is 1. The summed E-state index contributed by atoms with van der Waals surface area (Å²) >= 11 is 0. The predicted molar refractivity (Wildman–Crippen MR) is 65.9 cm³/mol. The molecule has 0 amide bonds. The van der Waals surface area contributed by atoms with Crippen molar-refractivity contribution in [1.82, 2.24) is 5.32 Å². The molecule has 0 aromatic carbocycles. The molecule has 0 heterocycles. The molecule has 0 aromatic heterocycles. The Morgan fingerprint density at radius 3 is 2.56 bits per heavy atom. The maximum atomic E-state index is 11.9. The zero-order valence-corrected chi connectivity index (χ0v) is 10.8. The van der Waals surface area contributed by atoms with Gasteiger partial charge in [0.1, 0.15) is 5.54 Å². The Morgan fingerprint density at radius 2 is 2.19 bits per heavy atom. The number of carbonyl (C=O) groups excluding carboxylic acids is 1. The van der Waals surface area contributed by atoms with Gasteiger partial charge in [0.15, 0.2) is 0 Å². The van der Waals surface area contributed by atoms with Crippen molar-refractivity contribution < 1.29 is 9.53 Å². The van der Waals surface area contributed by atoms with Gasteiger partial charge in [-0.25, -0.2) is 0 Å². The summed E-state index contributed by atoms with van der Waals surface area (Å²) in [6.45, 7) is 6.61. The standard InChI is InChI=1S/C13H23NO2/c1-6-9-14-13(8-3,12(15)16-5)10-11(4)7-2/h1,11,14H,7-10H2,2-5H3. The summed E-state index contributed by atoms with van der Waals surface area (Å²) in [5.41, 5.74) is -0.628. The van der Waals surface area contributed by atoms with Gasteiger partial charge in [-0.05, 0) is 18.8 Å². The third-order valence-electron chi connectivity index (χ3n) is 3.10. The van der Waals surface area contributed by atoms with E-state index in [0.29, 0.717) is 18.9 Å². The number of rotatable bonds is 7. The summed E-state index contributed by atoms with van der Waals surface area (Å²) in [5, 5.41) is 3.14. The predicted octanol–water partition coefficient (Wildman–Crippen LogP) is 1.97. The molecule has 1 N–H and O–H groups in total. The van der Waals surface area contributed by atoms with Crippen LogP contribution in [0, 0.1) is 18.3 Å². The molecule has 0 aliphatic rings. The highest BCUT2D eigenvalue weighted by Crippen LogP contribution is 2.24. The van der Waals surface area contributed by atoms with Gasteiger partial charge in [0, 0.05) is 0 Å². The maximum Gasteiger partial charge on any atom is 0.326 e. The van der Waals surface area contributed by atoms with Crippen molar-refractivity contribution in [2.75, 3.05) is 13.7 Å². The molecule has 0 aromatic rings. The van der Waals surface area contributed by atoms with Gasteiger partial charge in [0.25, 0.3) is 0 Å². The van der Waals surface area contributed by atoms with Crippen molar-refractivity contribution in [2.45, 2.75) is 45.6 Å². The number of methoxy groups -OCH3 is 1. The summed E-state index contributed by atoms with van der Waals surface area (Å²) in [6, 6.07) is 0. The van der Waals surface area contributed by atoms with E-state index in [1.165, 1.54) is 7.11 Å². The topological polar surface area (TPSA) is 38.3 Å². The lowest BCUT2D eigenvalue weighted by molar-refractivity contribution is -0.149. The van der Waals surface area contributed by atoms with Crippen molar-refractivity contribution in [3.05, 3.63) is 0 Å². The van der Waals surface area contributed by atoms with Crippen LogP contribution < -0.4 is 5.32 Å². The zero-order chi connectivity index (χ0) is 12.6. The Bertz CT molecular complexity index is 257. The molecule has 2 unspecified atom stereocenters. The van der Waals surface area contributed by atoms with Crippen molar-refractivity contribution in [2.24, 2.45) is 5.92 Å². The van der Waals surface area contributed by atoms with Crippen LogP contribution in [0.2, 0.25) is 0 Å². The van der Waals surface area contributed by atoms with Gasteiger partial charge in [-0.3, -0.25) is 10.1 Å². The fourth-order valence-electron chi connectivity index (χ4n) is 1.80. The molecule has 3 heteroatoms. The summed E-state index contributed by atoms with van der Waals surface area (Å²) in [6.07, 6.45) is 7.71. The number of ether oxygens (including phenoxy) is 1. The molecule has 0 radical (unpaired) electrons. The molecule has 0 fully saturated rings. The smallest absolute Gasteiger partial charge is 0.326 e. The summed E-state index contributed by atoms with van der Waals surface area (Å²) in [4.78, 5) is 11.9. The van der Waals surface area contributed by atoms with E-state index in [9.17, 15) is 4.79 Å². The Labute approximate surface area is 98.9 Å². The van der Waals surface area contributed by atoms with Gasteiger partial charge in [-0.15, -0.1) is 6.42 Å². The molecular weight excluding hydrogens is 202 g/mol. The van der Waals surface area contributed by atoms with Crippen LogP contribution in [-0.2, 0) is 9.53 Å². The maximum absolute atomic E-state index is 11.9. The minimum absolute atomic E-state index is 0.217. The Kier molecular flexibility index (Phi) is 6.83. The van der Waals surface area contributed by atoms with Gasteiger partial charge in [-0.1, -0.05) is 33.1 Å². The second-order valence-electron chi connectivity index (χ2n) is 4.20. The zero-order valence-electron chi connectivity index (χ0n) is 10.8. The first kappa shape index (κ1) is 15.0. The number of hydrogen-bond acceptors (Lipinski definition) is 3. The van der Waals surface area contributed by atoms with E-state index in [4.69, 9.17) is 11.2 Å². The van der Waals surface area contributed by atoms with E-state index in [2.05, 4.69) is 25.1 Å². The number of nitrogens with one attached hydrogen (secondary N) is 1. The number of esters is 1. The van der Waals surface area contributed by atoms with Gasteiger partial charge in [0.2, 0.25) is 0 Å². The first-order chi connectivity index (χ1) is 7.56. The Hall–Kier alpha value is -1.01. The average Bonchev–Trinajstić information content (AvgIpc) is 2.33. The molecule has 3 nitrogen and oxygen atoms in total. The monoisotopic (exact) mass is 225 g/mol. The van der Waals surface area contributed by atoms with Gasteiger partial charge in [-0.2, -0.15) is 0 Å². The third-order valence-corrected chi connectivity index (χ3v) is 3.10. The molecule has 2 atom stereocenters. The van der Waals surface area contributed by atoms with E-state index in [1.54, 1.807) is 0 Å². The number of hydrogen-bond donors (Lipinski definition) is 1. The third kappa shape index (κ3) is 3.86. The second kappa shape index (κ2) is 7.29. The van der Waals surface area contributed by atoms with Gasteiger partial charge >= 0.3 is 5.97 Å². The minimum atomic E-state index is -0.628. The molecule has 92 valence electrons. The van der Waals surface area contributed by atoms with Crippen molar-refractivity contribution in [3.63, 3.8) is 0 Å². The Morgan fingerprint density at radius 1 is 1.56 bits per heavy atom.